The van der Waals surface area contributed by atoms with Crippen molar-refractivity contribution in [3.05, 3.63) is 28.4 Å². The highest BCUT2D eigenvalue weighted by Gasteiger charge is 2.13. The summed E-state index contributed by atoms with van der Waals surface area (Å²) in [6.07, 6.45) is 6.30. The van der Waals surface area contributed by atoms with Gasteiger partial charge in [0.25, 0.3) is 0 Å². The lowest BCUT2D eigenvalue weighted by Gasteiger charge is -2.01. The molecule has 0 saturated carbocycles. The lowest BCUT2D eigenvalue weighted by atomic mass is 10.2. The van der Waals surface area contributed by atoms with E-state index >= 15 is 0 Å². The van der Waals surface area contributed by atoms with Gasteiger partial charge in [-0.3, -0.25) is 10.1 Å². The zero-order valence-corrected chi connectivity index (χ0v) is 10.2. The first-order valence-electron chi connectivity index (χ1n) is 5.48. The SMILES string of the molecule is CCCCCCSc1ncccc1[N+](=O)[O-]. The van der Waals surface area contributed by atoms with Crippen LogP contribution in [0.25, 0.3) is 0 Å². The van der Waals surface area contributed by atoms with Crippen LogP contribution in [0, 0.1) is 10.1 Å². The zero-order valence-electron chi connectivity index (χ0n) is 9.39. The van der Waals surface area contributed by atoms with Crippen molar-refractivity contribution in [1.29, 1.82) is 0 Å². The van der Waals surface area contributed by atoms with E-state index in [9.17, 15) is 10.1 Å². The molecule has 0 aromatic carbocycles. The summed E-state index contributed by atoms with van der Waals surface area (Å²) in [5.41, 5.74) is 0.114. The number of hydrogen-bond acceptors (Lipinski definition) is 4. The Morgan fingerprint density at radius 3 is 2.94 bits per heavy atom. The van der Waals surface area contributed by atoms with E-state index in [0.717, 1.165) is 12.2 Å². The Bertz CT molecular complexity index is 345. The predicted molar refractivity (Wildman–Crippen MR) is 65.8 cm³/mol. The second-order valence-corrected chi connectivity index (χ2v) is 4.58. The summed E-state index contributed by atoms with van der Waals surface area (Å²) in [7, 11) is 0. The fourth-order valence-corrected chi connectivity index (χ4v) is 2.30. The molecule has 0 aliphatic carbocycles. The fourth-order valence-electron chi connectivity index (χ4n) is 1.33. The molecular formula is C11H16N2O2S. The molecule has 0 aliphatic heterocycles. The van der Waals surface area contributed by atoms with Crippen molar-refractivity contribution in [2.75, 3.05) is 5.75 Å². The van der Waals surface area contributed by atoms with Gasteiger partial charge >= 0.3 is 5.69 Å². The minimum absolute atomic E-state index is 0.114. The number of nitrogens with zero attached hydrogens (tertiary/aromatic N) is 2. The maximum atomic E-state index is 10.7. The predicted octanol–water partition coefficient (Wildman–Crippen LogP) is 3.66. The van der Waals surface area contributed by atoms with E-state index in [1.807, 2.05) is 0 Å². The van der Waals surface area contributed by atoms with E-state index in [0.29, 0.717) is 5.03 Å². The monoisotopic (exact) mass is 240 g/mol. The summed E-state index contributed by atoms with van der Waals surface area (Å²) in [5.74, 6) is 0.901. The molecule has 0 amide bonds. The van der Waals surface area contributed by atoms with Gasteiger partial charge in [-0.25, -0.2) is 4.98 Å². The summed E-state index contributed by atoms with van der Waals surface area (Å²) >= 11 is 1.47. The largest absolute Gasteiger partial charge is 0.301 e. The van der Waals surface area contributed by atoms with Gasteiger partial charge in [0.15, 0.2) is 5.03 Å². The average Bonchev–Trinajstić information content (AvgIpc) is 2.29. The van der Waals surface area contributed by atoms with Gasteiger partial charge in [0.2, 0.25) is 0 Å². The molecule has 1 aromatic rings. The van der Waals surface area contributed by atoms with Crippen molar-refractivity contribution in [2.24, 2.45) is 0 Å². The van der Waals surface area contributed by atoms with Crippen LogP contribution >= 0.6 is 11.8 Å². The van der Waals surface area contributed by atoms with Crippen molar-refractivity contribution < 1.29 is 4.92 Å². The number of hydrogen-bond donors (Lipinski definition) is 0. The molecule has 4 nitrogen and oxygen atoms in total. The van der Waals surface area contributed by atoms with Crippen LogP contribution in [0.2, 0.25) is 0 Å². The molecular weight excluding hydrogens is 224 g/mol. The molecule has 0 aliphatic rings. The van der Waals surface area contributed by atoms with Crippen LogP contribution in [0.3, 0.4) is 0 Å². The lowest BCUT2D eigenvalue weighted by molar-refractivity contribution is -0.388. The molecule has 0 fully saturated rings. The molecule has 88 valence electrons. The van der Waals surface area contributed by atoms with Gasteiger partial charge in [-0.15, -0.1) is 0 Å². The number of rotatable bonds is 7. The maximum absolute atomic E-state index is 10.7. The Morgan fingerprint density at radius 2 is 2.25 bits per heavy atom. The summed E-state index contributed by atoms with van der Waals surface area (Å²) in [6, 6.07) is 3.10. The van der Waals surface area contributed by atoms with Gasteiger partial charge < -0.3 is 0 Å². The molecule has 0 spiro atoms. The number of pyridine rings is 1. The highest BCUT2D eigenvalue weighted by Crippen LogP contribution is 2.26. The van der Waals surface area contributed by atoms with Crippen molar-refractivity contribution >= 4 is 17.4 Å². The van der Waals surface area contributed by atoms with Crippen LogP contribution in [0.4, 0.5) is 5.69 Å². The molecule has 0 saturated heterocycles. The summed E-state index contributed by atoms with van der Waals surface area (Å²) in [4.78, 5) is 14.4. The first-order valence-corrected chi connectivity index (χ1v) is 6.46. The Hall–Kier alpha value is -1.10. The van der Waals surface area contributed by atoms with E-state index in [4.69, 9.17) is 0 Å². The van der Waals surface area contributed by atoms with E-state index in [-0.39, 0.29) is 10.6 Å². The number of unbranched alkanes of at least 4 members (excludes halogenated alkanes) is 3. The van der Waals surface area contributed by atoms with E-state index < -0.39 is 0 Å². The Balaban J connectivity index is 2.44. The van der Waals surface area contributed by atoms with Crippen molar-refractivity contribution in [3.63, 3.8) is 0 Å². The van der Waals surface area contributed by atoms with E-state index in [2.05, 4.69) is 11.9 Å². The highest BCUT2D eigenvalue weighted by molar-refractivity contribution is 7.99. The van der Waals surface area contributed by atoms with Crippen LogP contribution in [-0.2, 0) is 0 Å². The van der Waals surface area contributed by atoms with Gasteiger partial charge in [0, 0.05) is 12.3 Å². The fraction of sp³-hybridized carbons (Fsp3) is 0.545. The average molecular weight is 240 g/mol. The Labute approximate surface area is 99.6 Å². The second kappa shape index (κ2) is 7.22. The number of nitro groups is 1. The van der Waals surface area contributed by atoms with Crippen LogP contribution in [0.1, 0.15) is 32.6 Å². The third-order valence-electron chi connectivity index (χ3n) is 2.18. The van der Waals surface area contributed by atoms with E-state index in [1.54, 1.807) is 12.3 Å². The van der Waals surface area contributed by atoms with Crippen LogP contribution in [0.15, 0.2) is 23.4 Å². The van der Waals surface area contributed by atoms with Gasteiger partial charge in [0.05, 0.1) is 4.92 Å². The normalized spacial score (nSPS) is 10.3. The Morgan fingerprint density at radius 1 is 1.44 bits per heavy atom. The van der Waals surface area contributed by atoms with Crippen LogP contribution in [0.5, 0.6) is 0 Å². The van der Waals surface area contributed by atoms with Gasteiger partial charge in [-0.1, -0.05) is 37.9 Å². The molecule has 1 aromatic heterocycles. The third-order valence-corrected chi connectivity index (χ3v) is 3.27. The first kappa shape index (κ1) is 13.0. The molecule has 0 radical (unpaired) electrons. The first-order chi connectivity index (χ1) is 7.75. The molecule has 1 rings (SSSR count). The quantitative estimate of drug-likeness (QED) is 0.316. The standard InChI is InChI=1S/C11H16N2O2S/c1-2-3-4-5-9-16-11-10(13(14)15)7-6-8-12-11/h6-8H,2-5,9H2,1H3. The van der Waals surface area contributed by atoms with Crippen LogP contribution in [-0.4, -0.2) is 15.7 Å². The second-order valence-electron chi connectivity index (χ2n) is 3.49. The van der Waals surface area contributed by atoms with Gasteiger partial charge in [-0.05, 0) is 18.2 Å². The lowest BCUT2D eigenvalue weighted by Crippen LogP contribution is -1.93. The zero-order chi connectivity index (χ0) is 11.8. The third kappa shape index (κ3) is 4.18. The molecule has 1 heterocycles. The molecule has 16 heavy (non-hydrogen) atoms. The maximum Gasteiger partial charge on any atom is 0.301 e. The smallest absolute Gasteiger partial charge is 0.258 e. The van der Waals surface area contributed by atoms with Crippen molar-refractivity contribution in [1.82, 2.24) is 4.98 Å². The van der Waals surface area contributed by atoms with Gasteiger partial charge in [-0.2, -0.15) is 0 Å². The minimum Gasteiger partial charge on any atom is -0.258 e. The Kier molecular flexibility index (Phi) is 5.85. The van der Waals surface area contributed by atoms with Crippen LogP contribution < -0.4 is 0 Å². The minimum atomic E-state index is -0.374. The highest BCUT2D eigenvalue weighted by atomic mass is 32.2. The summed E-state index contributed by atoms with van der Waals surface area (Å²) in [6.45, 7) is 2.16. The number of aromatic nitrogens is 1. The van der Waals surface area contributed by atoms with E-state index in [1.165, 1.54) is 37.1 Å². The molecule has 0 atom stereocenters. The topological polar surface area (TPSA) is 56.0 Å². The van der Waals surface area contributed by atoms with Crippen molar-refractivity contribution in [2.45, 2.75) is 37.6 Å². The molecule has 0 unspecified atom stereocenters. The van der Waals surface area contributed by atoms with Crippen molar-refractivity contribution in [3.8, 4) is 0 Å². The number of thioether (sulfide) groups is 1. The summed E-state index contributed by atoms with van der Waals surface area (Å²) in [5, 5.41) is 11.2. The molecule has 0 N–H and O–H groups in total. The summed E-state index contributed by atoms with van der Waals surface area (Å²) < 4.78 is 0. The van der Waals surface area contributed by atoms with Gasteiger partial charge in [0.1, 0.15) is 0 Å². The molecule has 5 heteroatoms. The molecule has 0 bridgehead atoms.